The van der Waals surface area contributed by atoms with E-state index in [0.717, 1.165) is 18.2 Å². The van der Waals surface area contributed by atoms with Gasteiger partial charge in [-0.2, -0.15) is 6.26 Å². The topological polar surface area (TPSA) is 110 Å². The van der Waals surface area contributed by atoms with Crippen LogP contribution >= 0.6 is 23.4 Å². The molecule has 0 radical (unpaired) electrons. The van der Waals surface area contributed by atoms with Crippen molar-refractivity contribution in [3.8, 4) is 0 Å². The first-order valence-corrected chi connectivity index (χ1v) is 12.5. The van der Waals surface area contributed by atoms with Crippen molar-refractivity contribution < 1.29 is 48.4 Å². The van der Waals surface area contributed by atoms with Crippen LogP contribution < -0.4 is 34.9 Å². The average Bonchev–Trinajstić information content (AvgIpc) is 3.34. The van der Waals surface area contributed by atoms with Crippen molar-refractivity contribution in [2.75, 3.05) is 24.4 Å². The molecular weight excluding hydrogens is 516 g/mol. The molecule has 2 bridgehead atoms. The molecule has 14 heteroatoms. The Bertz CT molecular complexity index is 1110. The van der Waals surface area contributed by atoms with Gasteiger partial charge < -0.3 is 27.6 Å². The third-order valence-electron chi connectivity index (χ3n) is 5.49. The van der Waals surface area contributed by atoms with Crippen LogP contribution in [0.25, 0.3) is 10.9 Å². The third kappa shape index (κ3) is 5.52. The molecule has 1 aliphatic carbocycles. The molecular formula is C20H24ClFN5NaO4S2. The van der Waals surface area contributed by atoms with E-state index < -0.39 is 22.4 Å². The van der Waals surface area contributed by atoms with Crippen LogP contribution in [0.15, 0.2) is 11.2 Å². The maximum Gasteiger partial charge on any atom is 1.00 e. The van der Waals surface area contributed by atoms with Gasteiger partial charge in [0, 0.05) is 18.7 Å². The zero-order chi connectivity index (χ0) is 24.7. The summed E-state index contributed by atoms with van der Waals surface area (Å²) >= 11 is 10.9. The second-order valence-electron chi connectivity index (χ2n) is 8.59. The van der Waals surface area contributed by atoms with Gasteiger partial charge >= 0.3 is 41.3 Å². The average molecular weight is 540 g/mol. The molecule has 4 heterocycles. The number of nitrogens with zero attached hydrogens (tertiary/aromatic N) is 4. The molecule has 3 aliphatic rings. The van der Waals surface area contributed by atoms with Crippen LogP contribution in [-0.2, 0) is 17.4 Å². The van der Waals surface area contributed by atoms with E-state index in [9.17, 15) is 19.3 Å². The minimum absolute atomic E-state index is 0. The van der Waals surface area contributed by atoms with Crippen LogP contribution in [0.1, 0.15) is 27.2 Å². The zero-order valence-corrected chi connectivity index (χ0v) is 24.1. The maximum absolute atomic E-state index is 14.6. The number of thioether (sulfide) groups is 1. The number of rotatable bonds is 4. The molecule has 2 aromatic heterocycles. The SMILES string of the molecule is CSc1nc2c(F)c(Cl)ncc2c(NC2C3CC2N(C(=O)OC(C)(C)C)C3)c1[N+](=O)[O-].C[S-].[Na+]. The van der Waals surface area contributed by atoms with E-state index in [2.05, 4.69) is 27.9 Å². The molecule has 3 fully saturated rings. The van der Waals surface area contributed by atoms with E-state index in [1.54, 1.807) is 38.2 Å². The fraction of sp³-hybridized carbons (Fsp3) is 0.550. The van der Waals surface area contributed by atoms with Gasteiger partial charge in [0.25, 0.3) is 0 Å². The number of nitro groups is 1. The van der Waals surface area contributed by atoms with Gasteiger partial charge in [0.05, 0.1) is 22.4 Å². The smallest absolute Gasteiger partial charge is 0.796 e. The van der Waals surface area contributed by atoms with Crippen molar-refractivity contribution in [1.82, 2.24) is 14.9 Å². The fourth-order valence-corrected chi connectivity index (χ4v) is 4.82. The Morgan fingerprint density at radius 3 is 2.65 bits per heavy atom. The van der Waals surface area contributed by atoms with Crippen molar-refractivity contribution in [3.05, 3.63) is 27.3 Å². The summed E-state index contributed by atoms with van der Waals surface area (Å²) in [7, 11) is 0. The summed E-state index contributed by atoms with van der Waals surface area (Å²) in [5.41, 5.74) is -0.831. The molecule has 0 aromatic carbocycles. The standard InChI is InChI=1S/C19H21ClFN5O4S.CH4S.Na/c1-19(2,3)30-18(27)25-7-8-5-10(25)12(8)23-14-9-6-22-16(20)11(21)13(9)24-17(31-4)15(14)26(28)29;1-2;/h6,8,10,12H,5,7H2,1-4H3,(H,23,24);2H,1H3;/q;;+1/p-1. The third-order valence-corrected chi connectivity index (χ3v) is 6.42. The molecule has 2 saturated heterocycles. The van der Waals surface area contributed by atoms with E-state index in [1.807, 2.05) is 0 Å². The molecule has 34 heavy (non-hydrogen) atoms. The van der Waals surface area contributed by atoms with Crippen molar-refractivity contribution >= 4 is 64.4 Å². The van der Waals surface area contributed by atoms with Crippen LogP contribution in [0, 0.1) is 21.8 Å². The molecule has 1 amide bonds. The molecule has 3 unspecified atom stereocenters. The van der Waals surface area contributed by atoms with Crippen molar-refractivity contribution in [3.63, 3.8) is 0 Å². The Hall–Kier alpha value is -1.05. The number of carbonyl (C=O) groups excluding carboxylic acids is 1. The zero-order valence-electron chi connectivity index (χ0n) is 19.7. The summed E-state index contributed by atoms with van der Waals surface area (Å²) in [5.74, 6) is -0.734. The monoisotopic (exact) mass is 539 g/mol. The molecule has 2 aromatic rings. The van der Waals surface area contributed by atoms with Gasteiger partial charge in [-0.1, -0.05) is 11.6 Å². The van der Waals surface area contributed by atoms with Gasteiger partial charge in [-0.25, -0.2) is 19.2 Å². The van der Waals surface area contributed by atoms with Gasteiger partial charge in [0.15, 0.2) is 16.0 Å². The molecule has 2 aliphatic heterocycles. The second kappa shape index (κ2) is 11.3. The minimum atomic E-state index is -0.834. The quantitative estimate of drug-likeness (QED) is 0.155. The minimum Gasteiger partial charge on any atom is -0.796 e. The Morgan fingerprint density at radius 1 is 1.44 bits per heavy atom. The van der Waals surface area contributed by atoms with E-state index in [4.69, 9.17) is 16.3 Å². The first kappa shape index (κ1) is 29.2. The second-order valence-corrected chi connectivity index (χ2v) is 9.75. The summed E-state index contributed by atoms with van der Waals surface area (Å²) in [6.07, 6.45) is 4.84. The van der Waals surface area contributed by atoms with Crippen molar-refractivity contribution in [2.24, 2.45) is 5.92 Å². The number of halogens is 2. The summed E-state index contributed by atoms with van der Waals surface area (Å²) in [5, 5.41) is 15.0. The number of hydrogen-bond acceptors (Lipinski definition) is 9. The number of anilines is 1. The van der Waals surface area contributed by atoms with Gasteiger partial charge in [-0.3, -0.25) is 10.1 Å². The van der Waals surface area contributed by atoms with Crippen LogP contribution in [0.4, 0.5) is 20.6 Å². The van der Waals surface area contributed by atoms with E-state index in [-0.39, 0.29) is 80.0 Å². The molecule has 1 N–H and O–H groups in total. The van der Waals surface area contributed by atoms with Gasteiger partial charge in [-0.05, 0) is 33.4 Å². The summed E-state index contributed by atoms with van der Waals surface area (Å²) < 4.78 is 20.1. The number of pyridine rings is 2. The molecule has 0 spiro atoms. The Morgan fingerprint density at radius 2 is 2.09 bits per heavy atom. The molecule has 5 rings (SSSR count). The largest absolute Gasteiger partial charge is 1.00 e. The number of fused-ring (bicyclic) bond motifs is 2. The number of carbonyl (C=O) groups is 1. The molecule has 3 atom stereocenters. The normalized spacial score (nSPS) is 20.6. The molecule has 1 saturated carbocycles. The predicted molar refractivity (Wildman–Crippen MR) is 128 cm³/mol. The van der Waals surface area contributed by atoms with Crippen LogP contribution in [0.2, 0.25) is 5.15 Å². The Labute approximate surface area is 233 Å². The van der Waals surface area contributed by atoms with Crippen LogP contribution in [-0.4, -0.2) is 62.6 Å². The first-order chi connectivity index (χ1) is 15.5. The van der Waals surface area contributed by atoms with Crippen LogP contribution in [0.5, 0.6) is 0 Å². The Kier molecular flexibility index (Phi) is 9.73. The van der Waals surface area contributed by atoms with Crippen molar-refractivity contribution in [2.45, 2.75) is 49.9 Å². The van der Waals surface area contributed by atoms with E-state index >= 15 is 0 Å². The maximum atomic E-state index is 14.6. The fourth-order valence-electron chi connectivity index (χ4n) is 4.12. The summed E-state index contributed by atoms with van der Waals surface area (Å²) in [6.45, 7) is 5.88. The van der Waals surface area contributed by atoms with Gasteiger partial charge in [-0.15, -0.1) is 11.8 Å². The van der Waals surface area contributed by atoms with Gasteiger partial charge in [0.1, 0.15) is 16.8 Å². The number of hydrogen-bond donors (Lipinski definition) is 1. The number of ether oxygens (including phenoxy) is 1. The van der Waals surface area contributed by atoms with E-state index in [1.165, 1.54) is 6.20 Å². The molecule has 180 valence electrons. The number of amides is 1. The first-order valence-electron chi connectivity index (χ1n) is 10.0. The number of aromatic nitrogens is 2. The summed E-state index contributed by atoms with van der Waals surface area (Å²) in [6, 6.07) is -0.407. The van der Waals surface area contributed by atoms with E-state index in [0.29, 0.717) is 6.54 Å². The Balaban J connectivity index is 0.00000133. The van der Waals surface area contributed by atoms with Crippen LogP contribution in [0.3, 0.4) is 0 Å². The van der Waals surface area contributed by atoms with Gasteiger partial charge in [0.2, 0.25) is 0 Å². The van der Waals surface area contributed by atoms with Crippen molar-refractivity contribution in [1.29, 1.82) is 0 Å². The predicted octanol–water partition coefficient (Wildman–Crippen LogP) is 1.64. The molecule has 9 nitrogen and oxygen atoms in total. The number of nitrogens with one attached hydrogen (secondary N) is 1. The summed E-state index contributed by atoms with van der Waals surface area (Å²) in [4.78, 5) is 33.5.